The Morgan fingerprint density at radius 1 is 1.17 bits per heavy atom. The van der Waals surface area contributed by atoms with Crippen LogP contribution in [0.25, 0.3) is 0 Å². The maximum Gasteiger partial charge on any atom is 0.223 e. The molecule has 18 heavy (non-hydrogen) atoms. The summed E-state index contributed by atoms with van der Waals surface area (Å²) in [5.74, 6) is 0.695. The summed E-state index contributed by atoms with van der Waals surface area (Å²) in [7, 11) is 0. The first-order chi connectivity index (χ1) is 8.78. The second kappa shape index (κ2) is 5.20. The number of amides is 1. The highest BCUT2D eigenvalue weighted by Crippen LogP contribution is 2.35. The Morgan fingerprint density at radius 3 is 2.39 bits per heavy atom. The molecule has 0 aromatic heterocycles. The van der Waals surface area contributed by atoms with Gasteiger partial charge in [0, 0.05) is 24.0 Å². The summed E-state index contributed by atoms with van der Waals surface area (Å²) in [5.41, 5.74) is 0. The minimum Gasteiger partial charge on any atom is -0.353 e. The molecule has 0 spiro atoms. The van der Waals surface area contributed by atoms with Crippen LogP contribution in [0.15, 0.2) is 0 Å². The first kappa shape index (κ1) is 12.5. The molecule has 3 rings (SSSR count). The van der Waals surface area contributed by atoms with E-state index in [0.717, 1.165) is 24.9 Å². The fraction of sp³-hybridized carbons (Fsp3) is 0.933. The van der Waals surface area contributed by atoms with Crippen LogP contribution in [-0.4, -0.2) is 35.5 Å². The van der Waals surface area contributed by atoms with Gasteiger partial charge in [-0.25, -0.2) is 0 Å². The van der Waals surface area contributed by atoms with Crippen molar-refractivity contribution in [2.45, 2.75) is 76.4 Å². The van der Waals surface area contributed by atoms with E-state index in [4.69, 9.17) is 0 Å². The quantitative estimate of drug-likeness (QED) is 0.830. The number of fused-ring (bicyclic) bond motifs is 2. The Morgan fingerprint density at radius 2 is 1.83 bits per heavy atom. The fourth-order valence-corrected chi connectivity index (χ4v) is 3.88. The highest BCUT2D eigenvalue weighted by Gasteiger charge is 2.39. The zero-order valence-electron chi connectivity index (χ0n) is 11.5. The predicted molar refractivity (Wildman–Crippen MR) is 72.3 cm³/mol. The Labute approximate surface area is 110 Å². The molecule has 3 heteroatoms. The summed E-state index contributed by atoms with van der Waals surface area (Å²) in [6.07, 6.45) is 9.94. The molecule has 1 saturated carbocycles. The third kappa shape index (κ3) is 2.56. The van der Waals surface area contributed by atoms with Crippen molar-refractivity contribution in [3.63, 3.8) is 0 Å². The molecule has 0 unspecified atom stereocenters. The Bertz CT molecular complexity index is 300. The number of hydrogen-bond acceptors (Lipinski definition) is 2. The second-order valence-electron chi connectivity index (χ2n) is 6.43. The average Bonchev–Trinajstić information content (AvgIpc) is 3.14. The molecule has 2 bridgehead atoms. The maximum absolute atomic E-state index is 11.9. The highest BCUT2D eigenvalue weighted by atomic mass is 16.2. The second-order valence-corrected chi connectivity index (χ2v) is 6.43. The van der Waals surface area contributed by atoms with E-state index in [0.29, 0.717) is 17.9 Å². The zero-order valence-corrected chi connectivity index (χ0v) is 11.5. The third-order valence-corrected chi connectivity index (χ3v) is 4.90. The molecular formula is C15H26N2O. The molecule has 2 heterocycles. The molecule has 2 saturated heterocycles. The highest BCUT2D eigenvalue weighted by molar-refractivity contribution is 5.81. The van der Waals surface area contributed by atoms with Gasteiger partial charge in [0.15, 0.2) is 0 Å². The zero-order chi connectivity index (χ0) is 12.5. The molecule has 2 atom stereocenters. The molecule has 3 fully saturated rings. The summed E-state index contributed by atoms with van der Waals surface area (Å²) in [5, 5.41) is 3.31. The van der Waals surface area contributed by atoms with E-state index in [1.807, 2.05) is 0 Å². The monoisotopic (exact) mass is 250 g/mol. The molecule has 1 N–H and O–H groups in total. The van der Waals surface area contributed by atoms with Gasteiger partial charge in [0.1, 0.15) is 0 Å². The number of piperidine rings is 2. The van der Waals surface area contributed by atoms with E-state index in [1.165, 1.54) is 45.1 Å². The van der Waals surface area contributed by atoms with Gasteiger partial charge in [-0.05, 0) is 51.5 Å². The van der Waals surface area contributed by atoms with E-state index in [9.17, 15) is 4.79 Å². The summed E-state index contributed by atoms with van der Waals surface area (Å²) < 4.78 is 0. The Balaban J connectivity index is 1.58. The van der Waals surface area contributed by atoms with Gasteiger partial charge in [-0.1, -0.05) is 13.3 Å². The predicted octanol–water partition coefficient (Wildman–Crippen LogP) is 2.31. The number of hydrogen-bond donors (Lipinski definition) is 1. The maximum atomic E-state index is 11.9. The van der Waals surface area contributed by atoms with E-state index in [-0.39, 0.29) is 0 Å². The number of rotatable bonds is 4. The summed E-state index contributed by atoms with van der Waals surface area (Å²) in [6.45, 7) is 3.52. The van der Waals surface area contributed by atoms with Crippen LogP contribution in [0.1, 0.15) is 58.3 Å². The topological polar surface area (TPSA) is 32.3 Å². The van der Waals surface area contributed by atoms with Crippen molar-refractivity contribution < 1.29 is 4.79 Å². The van der Waals surface area contributed by atoms with Crippen molar-refractivity contribution in [1.82, 2.24) is 10.2 Å². The van der Waals surface area contributed by atoms with E-state index in [1.54, 1.807) is 0 Å². The van der Waals surface area contributed by atoms with Gasteiger partial charge in [0.05, 0.1) is 0 Å². The SMILES string of the molecule is CCCN1[C@H]2CCC[C@H]1CC(NC(=O)C1CC1)C2. The van der Waals surface area contributed by atoms with E-state index < -0.39 is 0 Å². The van der Waals surface area contributed by atoms with Crippen molar-refractivity contribution >= 4 is 5.91 Å². The molecule has 0 aromatic carbocycles. The minimum absolute atomic E-state index is 0.335. The third-order valence-electron chi connectivity index (χ3n) is 4.90. The molecule has 0 aromatic rings. The summed E-state index contributed by atoms with van der Waals surface area (Å²) >= 11 is 0. The van der Waals surface area contributed by atoms with Gasteiger partial charge < -0.3 is 5.32 Å². The number of carbonyl (C=O) groups excluding carboxylic acids is 1. The van der Waals surface area contributed by atoms with Gasteiger partial charge in [-0.2, -0.15) is 0 Å². The van der Waals surface area contributed by atoms with Crippen LogP contribution in [0.4, 0.5) is 0 Å². The van der Waals surface area contributed by atoms with E-state index in [2.05, 4.69) is 17.1 Å². The summed E-state index contributed by atoms with van der Waals surface area (Å²) in [4.78, 5) is 14.6. The molecule has 1 amide bonds. The standard InChI is InChI=1S/C15H26N2O/c1-2-8-17-13-4-3-5-14(17)10-12(9-13)16-15(18)11-6-7-11/h11-14H,2-10H2,1H3,(H,16,18)/t13-,14-/m0/s1. The van der Waals surface area contributed by atoms with Gasteiger partial charge in [-0.3, -0.25) is 9.69 Å². The van der Waals surface area contributed by atoms with Crippen molar-refractivity contribution in [3.8, 4) is 0 Å². The first-order valence-corrected chi connectivity index (χ1v) is 7.84. The van der Waals surface area contributed by atoms with E-state index >= 15 is 0 Å². The molecule has 0 radical (unpaired) electrons. The van der Waals surface area contributed by atoms with Gasteiger partial charge in [0.2, 0.25) is 5.91 Å². The Kier molecular flexibility index (Phi) is 3.60. The van der Waals surface area contributed by atoms with Crippen LogP contribution < -0.4 is 5.32 Å². The van der Waals surface area contributed by atoms with Gasteiger partial charge in [-0.15, -0.1) is 0 Å². The normalized spacial score (nSPS) is 36.4. The van der Waals surface area contributed by atoms with Crippen LogP contribution >= 0.6 is 0 Å². The molecule has 2 aliphatic heterocycles. The molecular weight excluding hydrogens is 224 g/mol. The number of nitrogens with one attached hydrogen (secondary N) is 1. The van der Waals surface area contributed by atoms with Crippen LogP contribution in [0, 0.1) is 5.92 Å². The van der Waals surface area contributed by atoms with Crippen LogP contribution in [0.5, 0.6) is 0 Å². The lowest BCUT2D eigenvalue weighted by Crippen LogP contribution is -2.57. The minimum atomic E-state index is 0.335. The first-order valence-electron chi connectivity index (χ1n) is 7.84. The van der Waals surface area contributed by atoms with Crippen LogP contribution in [-0.2, 0) is 4.79 Å². The van der Waals surface area contributed by atoms with Crippen LogP contribution in [0.3, 0.4) is 0 Å². The molecule has 1 aliphatic carbocycles. The van der Waals surface area contributed by atoms with Gasteiger partial charge >= 0.3 is 0 Å². The summed E-state index contributed by atoms with van der Waals surface area (Å²) in [6, 6.07) is 1.94. The molecule has 3 nitrogen and oxygen atoms in total. The van der Waals surface area contributed by atoms with Crippen molar-refractivity contribution in [1.29, 1.82) is 0 Å². The number of carbonyl (C=O) groups is 1. The fourth-order valence-electron chi connectivity index (χ4n) is 3.88. The van der Waals surface area contributed by atoms with Crippen LogP contribution in [0.2, 0.25) is 0 Å². The molecule has 3 aliphatic rings. The van der Waals surface area contributed by atoms with Crippen molar-refractivity contribution in [2.24, 2.45) is 5.92 Å². The lowest BCUT2D eigenvalue weighted by Gasteiger charge is -2.49. The van der Waals surface area contributed by atoms with Crippen molar-refractivity contribution in [3.05, 3.63) is 0 Å². The van der Waals surface area contributed by atoms with Crippen molar-refractivity contribution in [2.75, 3.05) is 6.54 Å². The smallest absolute Gasteiger partial charge is 0.223 e. The van der Waals surface area contributed by atoms with Gasteiger partial charge in [0.25, 0.3) is 0 Å². The lowest BCUT2D eigenvalue weighted by molar-refractivity contribution is -0.123. The number of nitrogens with zero attached hydrogens (tertiary/aromatic N) is 1. The average molecular weight is 250 g/mol. The lowest BCUT2D eigenvalue weighted by atomic mass is 9.81. The molecule has 102 valence electrons. The largest absolute Gasteiger partial charge is 0.353 e. The Hall–Kier alpha value is -0.570.